The number of fused-ring (bicyclic) bond motifs is 1. The topological polar surface area (TPSA) is 71.7 Å². The first-order chi connectivity index (χ1) is 7.11. The lowest BCUT2D eigenvalue weighted by Crippen LogP contribution is -2.16. The second kappa shape index (κ2) is 3.20. The third-order valence-electron chi connectivity index (χ3n) is 2.11. The summed E-state index contributed by atoms with van der Waals surface area (Å²) in [6.07, 6.45) is 1.62. The number of Topliss-reactive ketones (excluding diaryl/α,β-unsaturated/α-hetero) is 1. The Kier molecular flexibility index (Phi) is 2.00. The van der Waals surface area contributed by atoms with E-state index in [0.29, 0.717) is 11.3 Å². The number of nitrogens with zero attached hydrogens (tertiary/aromatic N) is 2. The van der Waals surface area contributed by atoms with E-state index in [4.69, 9.17) is 5.11 Å². The Morgan fingerprint density at radius 1 is 1.40 bits per heavy atom. The van der Waals surface area contributed by atoms with Crippen LogP contribution in [-0.4, -0.2) is 26.2 Å². The summed E-state index contributed by atoms with van der Waals surface area (Å²) in [5.74, 6) is -2.41. The quantitative estimate of drug-likeness (QED) is 0.583. The Balaban J connectivity index is 2.74. The van der Waals surface area contributed by atoms with E-state index in [1.165, 1.54) is 4.40 Å². The number of carbonyl (C=O) groups excluding carboxylic acids is 1. The molecular weight excluding hydrogens is 196 g/mol. The first-order valence-electron chi connectivity index (χ1n) is 4.32. The molecule has 0 spiro atoms. The summed E-state index contributed by atoms with van der Waals surface area (Å²) in [6.45, 7) is 1.61. The van der Waals surface area contributed by atoms with Crippen molar-refractivity contribution >= 4 is 17.4 Å². The van der Waals surface area contributed by atoms with Crippen LogP contribution in [0.2, 0.25) is 0 Å². The summed E-state index contributed by atoms with van der Waals surface area (Å²) in [5, 5.41) is 8.65. The molecule has 5 heteroatoms. The predicted octanol–water partition coefficient (Wildman–Crippen LogP) is 0.910. The monoisotopic (exact) mass is 204 g/mol. The van der Waals surface area contributed by atoms with Crippen molar-refractivity contribution < 1.29 is 14.7 Å². The zero-order chi connectivity index (χ0) is 11.0. The molecule has 0 bridgehead atoms. The Morgan fingerprint density at radius 2 is 2.13 bits per heavy atom. The zero-order valence-electron chi connectivity index (χ0n) is 7.97. The fraction of sp³-hybridized carbons (Fsp3) is 0.100. The number of imidazole rings is 1. The second-order valence-electron chi connectivity index (χ2n) is 3.11. The average molecular weight is 204 g/mol. The van der Waals surface area contributed by atoms with Gasteiger partial charge in [-0.1, -0.05) is 6.07 Å². The molecule has 0 radical (unpaired) electrons. The normalized spacial score (nSPS) is 10.5. The third-order valence-corrected chi connectivity index (χ3v) is 2.11. The van der Waals surface area contributed by atoms with Gasteiger partial charge < -0.3 is 5.11 Å². The minimum absolute atomic E-state index is 0.109. The Bertz CT molecular complexity index is 557. The second-order valence-corrected chi connectivity index (χ2v) is 3.11. The lowest BCUT2D eigenvalue weighted by Gasteiger charge is -1.97. The maximum absolute atomic E-state index is 11.4. The number of aromatic nitrogens is 2. The van der Waals surface area contributed by atoms with Crippen LogP contribution in [0.4, 0.5) is 0 Å². The first-order valence-corrected chi connectivity index (χ1v) is 4.32. The smallest absolute Gasteiger partial charge is 0.378 e. The number of carboxylic acids is 1. The molecule has 0 amide bonds. The number of aryl methyl sites for hydroxylation is 1. The first kappa shape index (κ1) is 9.39. The number of ketones is 1. The molecule has 0 unspecified atom stereocenters. The van der Waals surface area contributed by atoms with E-state index < -0.39 is 11.8 Å². The van der Waals surface area contributed by atoms with Gasteiger partial charge in [-0.15, -0.1) is 0 Å². The molecule has 0 aliphatic carbocycles. The van der Waals surface area contributed by atoms with Crippen LogP contribution >= 0.6 is 0 Å². The predicted molar refractivity (Wildman–Crippen MR) is 51.9 cm³/mol. The van der Waals surface area contributed by atoms with Crippen LogP contribution in [0.3, 0.4) is 0 Å². The molecule has 76 valence electrons. The molecular formula is C10H8N2O3. The molecule has 0 fully saturated rings. The highest BCUT2D eigenvalue weighted by Gasteiger charge is 2.21. The minimum atomic E-state index is -1.47. The van der Waals surface area contributed by atoms with Crippen molar-refractivity contribution in [2.45, 2.75) is 6.92 Å². The maximum Gasteiger partial charge on any atom is 0.378 e. The van der Waals surface area contributed by atoms with Crippen molar-refractivity contribution in [1.29, 1.82) is 0 Å². The van der Waals surface area contributed by atoms with Gasteiger partial charge in [0.15, 0.2) is 0 Å². The van der Waals surface area contributed by atoms with E-state index in [-0.39, 0.29) is 5.69 Å². The molecule has 0 atom stereocenters. The SMILES string of the molecule is Cc1nc2ccccn2c1C(=O)C(=O)O. The Labute approximate surface area is 85.0 Å². The van der Waals surface area contributed by atoms with Crippen LogP contribution in [0.15, 0.2) is 24.4 Å². The largest absolute Gasteiger partial charge is 0.475 e. The van der Waals surface area contributed by atoms with Gasteiger partial charge in [-0.25, -0.2) is 9.78 Å². The van der Waals surface area contributed by atoms with E-state index >= 15 is 0 Å². The van der Waals surface area contributed by atoms with Gasteiger partial charge in [-0.2, -0.15) is 0 Å². The van der Waals surface area contributed by atoms with Crippen LogP contribution in [0.1, 0.15) is 16.2 Å². The summed E-state index contributed by atoms with van der Waals surface area (Å²) in [4.78, 5) is 26.1. The van der Waals surface area contributed by atoms with Gasteiger partial charge in [0.05, 0.1) is 5.69 Å². The Morgan fingerprint density at radius 3 is 2.80 bits per heavy atom. The highest BCUT2D eigenvalue weighted by Crippen LogP contribution is 2.12. The van der Waals surface area contributed by atoms with E-state index in [1.54, 1.807) is 31.3 Å². The summed E-state index contributed by atoms with van der Waals surface area (Å²) in [7, 11) is 0. The van der Waals surface area contributed by atoms with E-state index in [9.17, 15) is 9.59 Å². The molecule has 0 saturated carbocycles. The van der Waals surface area contributed by atoms with Crippen LogP contribution in [0.25, 0.3) is 5.65 Å². The van der Waals surface area contributed by atoms with Gasteiger partial charge in [0.25, 0.3) is 5.78 Å². The average Bonchev–Trinajstić information content (AvgIpc) is 2.52. The zero-order valence-corrected chi connectivity index (χ0v) is 7.97. The number of carbonyl (C=O) groups is 2. The van der Waals surface area contributed by atoms with Gasteiger partial charge in [-0.05, 0) is 19.1 Å². The van der Waals surface area contributed by atoms with Crippen molar-refractivity contribution in [3.63, 3.8) is 0 Å². The Hall–Kier alpha value is -2.17. The fourth-order valence-electron chi connectivity index (χ4n) is 1.49. The summed E-state index contributed by atoms with van der Waals surface area (Å²) < 4.78 is 1.48. The van der Waals surface area contributed by atoms with E-state index in [2.05, 4.69) is 4.98 Å². The van der Waals surface area contributed by atoms with Crippen molar-refractivity contribution in [2.24, 2.45) is 0 Å². The molecule has 0 saturated heterocycles. The number of carboxylic acid groups (broad SMARTS) is 1. The summed E-state index contributed by atoms with van der Waals surface area (Å²) in [6, 6.07) is 5.20. The summed E-state index contributed by atoms with van der Waals surface area (Å²) >= 11 is 0. The summed E-state index contributed by atoms with van der Waals surface area (Å²) in [5.41, 5.74) is 1.10. The molecule has 2 heterocycles. The standard InChI is InChI=1S/C10H8N2O3/c1-6-8(9(13)10(14)15)12-5-3-2-4-7(12)11-6/h2-5H,1H3,(H,14,15). The van der Waals surface area contributed by atoms with Crippen molar-refractivity contribution in [3.8, 4) is 0 Å². The molecule has 2 aromatic rings. The van der Waals surface area contributed by atoms with Gasteiger partial charge >= 0.3 is 5.97 Å². The molecule has 5 nitrogen and oxygen atoms in total. The fourth-order valence-corrected chi connectivity index (χ4v) is 1.49. The van der Waals surface area contributed by atoms with Gasteiger partial charge in [0, 0.05) is 6.20 Å². The molecule has 0 aliphatic heterocycles. The third kappa shape index (κ3) is 1.38. The van der Waals surface area contributed by atoms with Crippen molar-refractivity contribution in [3.05, 3.63) is 35.8 Å². The lowest BCUT2D eigenvalue weighted by molar-refractivity contribution is -0.131. The van der Waals surface area contributed by atoms with E-state index in [0.717, 1.165) is 0 Å². The highest BCUT2D eigenvalue weighted by atomic mass is 16.4. The lowest BCUT2D eigenvalue weighted by atomic mass is 10.2. The van der Waals surface area contributed by atoms with Crippen LogP contribution in [0.5, 0.6) is 0 Å². The molecule has 2 rings (SSSR count). The molecule has 15 heavy (non-hydrogen) atoms. The number of aliphatic carboxylic acids is 1. The van der Waals surface area contributed by atoms with Crippen LogP contribution < -0.4 is 0 Å². The molecule has 0 aliphatic rings. The minimum Gasteiger partial charge on any atom is -0.475 e. The number of hydrogen-bond donors (Lipinski definition) is 1. The van der Waals surface area contributed by atoms with E-state index in [1.807, 2.05) is 0 Å². The van der Waals surface area contributed by atoms with Crippen molar-refractivity contribution in [1.82, 2.24) is 9.38 Å². The molecule has 1 N–H and O–H groups in total. The van der Waals surface area contributed by atoms with Crippen LogP contribution in [-0.2, 0) is 4.79 Å². The molecule has 2 aromatic heterocycles. The van der Waals surface area contributed by atoms with Gasteiger partial charge in [0.1, 0.15) is 11.3 Å². The van der Waals surface area contributed by atoms with Crippen LogP contribution in [0, 0.1) is 6.92 Å². The van der Waals surface area contributed by atoms with Gasteiger partial charge in [0.2, 0.25) is 0 Å². The highest BCUT2D eigenvalue weighted by molar-refractivity contribution is 6.39. The number of hydrogen-bond acceptors (Lipinski definition) is 3. The van der Waals surface area contributed by atoms with Crippen molar-refractivity contribution in [2.75, 3.05) is 0 Å². The van der Waals surface area contributed by atoms with Gasteiger partial charge in [-0.3, -0.25) is 9.20 Å². The molecule has 0 aromatic carbocycles. The number of rotatable bonds is 2. The number of pyridine rings is 1. The maximum atomic E-state index is 11.4.